The molecule has 3 rings (SSSR count). The summed E-state index contributed by atoms with van der Waals surface area (Å²) in [6, 6.07) is 0.205. The number of aromatic nitrogens is 3. The molecule has 0 aromatic carbocycles. The third-order valence-corrected chi connectivity index (χ3v) is 5.07. The molecule has 1 fully saturated rings. The zero-order valence-corrected chi connectivity index (χ0v) is 14.3. The summed E-state index contributed by atoms with van der Waals surface area (Å²) in [7, 11) is 3.61. The van der Waals surface area contributed by atoms with Gasteiger partial charge in [-0.2, -0.15) is 5.10 Å². The van der Waals surface area contributed by atoms with Crippen molar-refractivity contribution in [2.75, 3.05) is 26.9 Å². The minimum atomic E-state index is 0.205. The molecule has 1 unspecified atom stereocenters. The highest BCUT2D eigenvalue weighted by Crippen LogP contribution is 2.31. The van der Waals surface area contributed by atoms with Gasteiger partial charge in [-0.15, -0.1) is 11.3 Å². The van der Waals surface area contributed by atoms with Crippen LogP contribution in [-0.2, 0) is 18.3 Å². The van der Waals surface area contributed by atoms with Crippen molar-refractivity contribution in [2.24, 2.45) is 7.05 Å². The van der Waals surface area contributed by atoms with Crippen molar-refractivity contribution in [2.45, 2.75) is 26.4 Å². The summed E-state index contributed by atoms with van der Waals surface area (Å²) in [6.07, 6.45) is 0. The Morgan fingerprint density at radius 1 is 1.45 bits per heavy atom. The summed E-state index contributed by atoms with van der Waals surface area (Å²) in [6.45, 7) is 7.19. The molecule has 0 aliphatic carbocycles. The van der Waals surface area contributed by atoms with Gasteiger partial charge in [0.05, 0.1) is 37.6 Å². The molecule has 0 saturated carbocycles. The normalized spacial score (nSPS) is 19.5. The Hall–Kier alpha value is -1.44. The van der Waals surface area contributed by atoms with E-state index in [4.69, 9.17) is 9.47 Å². The van der Waals surface area contributed by atoms with Gasteiger partial charge in [0.15, 0.2) is 0 Å². The first-order valence-electron chi connectivity index (χ1n) is 7.40. The van der Waals surface area contributed by atoms with E-state index in [1.807, 2.05) is 20.9 Å². The summed E-state index contributed by atoms with van der Waals surface area (Å²) in [5, 5.41) is 7.69. The lowest BCUT2D eigenvalue weighted by Crippen LogP contribution is -2.39. The molecule has 6 nitrogen and oxygen atoms in total. The Morgan fingerprint density at radius 2 is 2.27 bits per heavy atom. The maximum atomic E-state index is 5.68. The van der Waals surface area contributed by atoms with E-state index in [1.54, 1.807) is 23.1 Å². The predicted octanol–water partition coefficient (Wildman–Crippen LogP) is 2.08. The molecular formula is C15H22N4O2S. The van der Waals surface area contributed by atoms with Crippen LogP contribution >= 0.6 is 11.3 Å². The zero-order valence-electron chi connectivity index (χ0n) is 13.5. The van der Waals surface area contributed by atoms with Crippen LogP contribution in [0.5, 0.6) is 5.88 Å². The molecule has 3 heterocycles. The van der Waals surface area contributed by atoms with Crippen LogP contribution < -0.4 is 4.74 Å². The molecule has 1 atom stereocenters. The second-order valence-electron chi connectivity index (χ2n) is 5.59. The van der Waals surface area contributed by atoms with Crippen molar-refractivity contribution in [3.05, 3.63) is 27.3 Å². The van der Waals surface area contributed by atoms with Gasteiger partial charge in [0.1, 0.15) is 5.01 Å². The lowest BCUT2D eigenvalue weighted by Gasteiger charge is -2.34. The molecule has 2 aromatic heterocycles. The monoisotopic (exact) mass is 322 g/mol. The number of methoxy groups -OCH3 is 1. The van der Waals surface area contributed by atoms with Crippen LogP contribution in [0.1, 0.15) is 28.0 Å². The highest BCUT2D eigenvalue weighted by Gasteiger charge is 2.29. The zero-order chi connectivity index (χ0) is 15.7. The Morgan fingerprint density at radius 3 is 2.95 bits per heavy atom. The molecule has 0 amide bonds. The van der Waals surface area contributed by atoms with Crippen molar-refractivity contribution < 1.29 is 9.47 Å². The van der Waals surface area contributed by atoms with Crippen LogP contribution in [0.2, 0.25) is 0 Å². The number of thiazole rings is 1. The topological polar surface area (TPSA) is 52.4 Å². The first-order chi connectivity index (χ1) is 10.6. The molecule has 1 aliphatic heterocycles. The van der Waals surface area contributed by atoms with Crippen LogP contribution in [0.4, 0.5) is 0 Å². The van der Waals surface area contributed by atoms with Crippen LogP contribution in [0.15, 0.2) is 5.38 Å². The van der Waals surface area contributed by atoms with Crippen LogP contribution in [0, 0.1) is 13.8 Å². The van der Waals surface area contributed by atoms with Crippen molar-refractivity contribution in [1.29, 1.82) is 0 Å². The molecule has 0 spiro atoms. The number of hydrogen-bond acceptors (Lipinski definition) is 6. The summed E-state index contributed by atoms with van der Waals surface area (Å²) in [4.78, 5) is 7.05. The molecule has 7 heteroatoms. The summed E-state index contributed by atoms with van der Waals surface area (Å²) in [5.41, 5.74) is 3.23. The van der Waals surface area contributed by atoms with Gasteiger partial charge in [-0.25, -0.2) is 9.67 Å². The molecule has 120 valence electrons. The van der Waals surface area contributed by atoms with Crippen molar-refractivity contribution in [1.82, 2.24) is 19.7 Å². The number of ether oxygens (including phenoxy) is 2. The van der Waals surface area contributed by atoms with E-state index in [9.17, 15) is 0 Å². The van der Waals surface area contributed by atoms with E-state index in [-0.39, 0.29) is 6.04 Å². The maximum Gasteiger partial charge on any atom is 0.216 e. The Kier molecular flexibility index (Phi) is 4.46. The van der Waals surface area contributed by atoms with Crippen molar-refractivity contribution in [3.8, 4) is 5.88 Å². The molecule has 0 radical (unpaired) electrons. The van der Waals surface area contributed by atoms with Gasteiger partial charge in [0.25, 0.3) is 0 Å². The minimum absolute atomic E-state index is 0.205. The first-order valence-corrected chi connectivity index (χ1v) is 8.28. The van der Waals surface area contributed by atoms with Gasteiger partial charge in [0, 0.05) is 31.2 Å². The lowest BCUT2D eigenvalue weighted by atomic mass is 10.1. The Labute approximate surface area is 134 Å². The van der Waals surface area contributed by atoms with Crippen molar-refractivity contribution in [3.63, 3.8) is 0 Å². The predicted molar refractivity (Wildman–Crippen MR) is 85.3 cm³/mol. The second-order valence-corrected chi connectivity index (χ2v) is 6.47. The summed E-state index contributed by atoms with van der Waals surface area (Å²) >= 11 is 1.70. The molecule has 0 bridgehead atoms. The molecule has 1 saturated heterocycles. The molecule has 1 aliphatic rings. The SMILES string of the molecule is COc1c(CN2CCOCC2c2nc(C)cs2)c(C)nn1C. The highest BCUT2D eigenvalue weighted by molar-refractivity contribution is 7.09. The van der Waals surface area contributed by atoms with Gasteiger partial charge < -0.3 is 9.47 Å². The Bertz CT molecular complexity index is 652. The Balaban J connectivity index is 1.86. The minimum Gasteiger partial charge on any atom is -0.481 e. The van der Waals surface area contributed by atoms with Gasteiger partial charge >= 0.3 is 0 Å². The van der Waals surface area contributed by atoms with E-state index in [2.05, 4.69) is 20.4 Å². The fraction of sp³-hybridized carbons (Fsp3) is 0.600. The molecule has 2 aromatic rings. The fourth-order valence-corrected chi connectivity index (χ4v) is 3.82. The van der Waals surface area contributed by atoms with Crippen LogP contribution in [0.25, 0.3) is 0 Å². The number of morpholine rings is 1. The van der Waals surface area contributed by atoms with E-state index in [0.717, 1.165) is 47.5 Å². The second kappa shape index (κ2) is 6.36. The number of hydrogen-bond donors (Lipinski definition) is 0. The standard InChI is InChI=1S/C15H22N4O2S/c1-10-9-22-14(16-10)13-8-21-6-5-19(13)7-12-11(2)17-18(3)15(12)20-4/h9,13H,5-8H2,1-4H3. The first kappa shape index (κ1) is 15.5. The fourth-order valence-electron chi connectivity index (χ4n) is 2.90. The van der Waals surface area contributed by atoms with Crippen LogP contribution in [0.3, 0.4) is 0 Å². The maximum absolute atomic E-state index is 5.68. The largest absolute Gasteiger partial charge is 0.481 e. The van der Waals surface area contributed by atoms with Gasteiger partial charge in [-0.3, -0.25) is 4.90 Å². The van der Waals surface area contributed by atoms with Gasteiger partial charge in [0.2, 0.25) is 5.88 Å². The average molecular weight is 322 g/mol. The van der Waals surface area contributed by atoms with E-state index in [0.29, 0.717) is 6.61 Å². The van der Waals surface area contributed by atoms with Crippen LogP contribution in [-0.4, -0.2) is 46.5 Å². The number of rotatable bonds is 4. The summed E-state index contributed by atoms with van der Waals surface area (Å²) < 4.78 is 13.0. The van der Waals surface area contributed by atoms with E-state index in [1.165, 1.54) is 0 Å². The highest BCUT2D eigenvalue weighted by atomic mass is 32.1. The van der Waals surface area contributed by atoms with E-state index >= 15 is 0 Å². The number of nitrogens with zero attached hydrogens (tertiary/aromatic N) is 4. The lowest BCUT2D eigenvalue weighted by molar-refractivity contribution is -0.0131. The molecule has 22 heavy (non-hydrogen) atoms. The third kappa shape index (κ3) is 2.88. The quantitative estimate of drug-likeness (QED) is 0.862. The average Bonchev–Trinajstić information content (AvgIpc) is 3.04. The van der Waals surface area contributed by atoms with Gasteiger partial charge in [-0.1, -0.05) is 0 Å². The smallest absolute Gasteiger partial charge is 0.216 e. The van der Waals surface area contributed by atoms with Crippen molar-refractivity contribution >= 4 is 11.3 Å². The molecular weight excluding hydrogens is 300 g/mol. The summed E-state index contributed by atoms with van der Waals surface area (Å²) in [5.74, 6) is 0.832. The van der Waals surface area contributed by atoms with Gasteiger partial charge in [-0.05, 0) is 13.8 Å². The number of aryl methyl sites for hydroxylation is 3. The van der Waals surface area contributed by atoms with E-state index < -0.39 is 0 Å². The molecule has 0 N–H and O–H groups in total. The third-order valence-electron chi connectivity index (χ3n) is 4.00.